The molecule has 9 nitrogen and oxygen atoms in total. The molecule has 17 heteroatoms. The number of quaternary nitrogens is 1. The largest absolute Gasteiger partial charge is 0.480 e. The van der Waals surface area contributed by atoms with E-state index < -0.39 is 31.1 Å². The molecule has 0 aromatic rings. The number of carbonyl (C=O) groups is 1. The minimum absolute atomic E-state index is 0.283. The molecule has 32 heavy (non-hydrogen) atoms. The van der Waals surface area contributed by atoms with E-state index >= 15 is 0 Å². The fourth-order valence-electron chi connectivity index (χ4n) is 2.52. The Morgan fingerprint density at radius 2 is 1.34 bits per heavy atom. The zero-order valence-corrected chi connectivity index (χ0v) is 18.8. The van der Waals surface area contributed by atoms with Gasteiger partial charge in [-0.15, -0.1) is 0 Å². The van der Waals surface area contributed by atoms with Crippen molar-refractivity contribution in [3.05, 3.63) is 16.3 Å². The quantitative estimate of drug-likeness (QED) is 0.198. The summed E-state index contributed by atoms with van der Waals surface area (Å²) in [6.45, 7) is 10.8. The van der Waals surface area contributed by atoms with Crippen molar-refractivity contribution in [2.75, 3.05) is 46.5 Å². The van der Waals surface area contributed by atoms with E-state index in [1.165, 1.54) is 25.9 Å². The van der Waals surface area contributed by atoms with Crippen molar-refractivity contribution in [2.24, 2.45) is 0 Å². The molecule has 0 radical (unpaired) electrons. The van der Waals surface area contributed by atoms with Gasteiger partial charge in [-0.3, -0.25) is 0 Å². The molecule has 0 bridgehead atoms. The lowest BCUT2D eigenvalue weighted by atomic mass is 10.3. The van der Waals surface area contributed by atoms with Gasteiger partial charge in [0, 0.05) is 25.5 Å². The molecule has 0 amide bonds. The lowest BCUT2D eigenvalue weighted by Crippen LogP contribution is -2.49. The van der Waals surface area contributed by atoms with Crippen LogP contribution in [0.3, 0.4) is 0 Å². The van der Waals surface area contributed by atoms with Crippen LogP contribution in [0, 0.1) is 0 Å². The minimum atomic E-state index is -6.72. The van der Waals surface area contributed by atoms with E-state index in [9.17, 15) is 48.0 Å². The first-order chi connectivity index (χ1) is 14.3. The topological polar surface area (TPSA) is 118 Å². The number of methoxy groups -OCH3 is 1. The number of hydrogen-bond acceptors (Lipinski definition) is 7. The van der Waals surface area contributed by atoms with Crippen molar-refractivity contribution < 1.29 is 61.9 Å². The van der Waals surface area contributed by atoms with Gasteiger partial charge in [0.25, 0.3) is 0 Å². The molecule has 1 fully saturated rings. The molecular formula is C15H24F6N2O7S2. The molecule has 1 saturated heterocycles. The summed E-state index contributed by atoms with van der Waals surface area (Å²) < 4.78 is 121. The molecule has 1 aliphatic rings. The number of halogens is 6. The predicted molar refractivity (Wildman–Crippen MR) is 99.9 cm³/mol. The van der Waals surface area contributed by atoms with Gasteiger partial charge in [-0.1, -0.05) is 6.58 Å². The number of hydrogen-bond donors (Lipinski definition) is 0. The standard InChI is InChI=1S/C13H24NO3.C2F6NO4S2/c1-12(2)13(15)17-11-9-14(8-10-16-3)6-4-5-7-14;3-1(4,5)14(10,11)9-15(12,13)2(6,7)8/h1,4-11H2,2-3H3;/q+1;-1. The van der Waals surface area contributed by atoms with E-state index in [1.54, 1.807) is 14.0 Å². The average molecular weight is 522 g/mol. The van der Waals surface area contributed by atoms with Crippen LogP contribution in [0.15, 0.2) is 12.2 Å². The Hall–Kier alpha value is -1.43. The second kappa shape index (κ2) is 11.6. The van der Waals surface area contributed by atoms with Gasteiger partial charge in [0.1, 0.15) is 19.7 Å². The van der Waals surface area contributed by atoms with Gasteiger partial charge in [-0.05, 0) is 6.92 Å². The fourth-order valence-corrected chi connectivity index (χ4v) is 4.23. The Labute approximate surface area is 182 Å². The number of rotatable bonds is 9. The van der Waals surface area contributed by atoms with Crippen LogP contribution >= 0.6 is 0 Å². The highest BCUT2D eigenvalue weighted by atomic mass is 32.3. The van der Waals surface area contributed by atoms with Gasteiger partial charge in [-0.25, -0.2) is 21.6 Å². The lowest BCUT2D eigenvalue weighted by molar-refractivity contribution is -0.917. The Kier molecular flexibility index (Phi) is 11.1. The SMILES string of the molecule is C=C(C)C(=O)OCC[N+]1(CCOC)CCCC1.O=S(=O)([N-]S(=O)(=O)C(F)(F)F)C(F)(F)F. The number of alkyl halides is 6. The average Bonchev–Trinajstić information content (AvgIpc) is 3.06. The maximum absolute atomic E-state index is 11.4. The molecule has 0 atom stereocenters. The highest BCUT2D eigenvalue weighted by molar-refractivity contribution is 8.13. The molecule has 0 saturated carbocycles. The number of sulfonamides is 2. The summed E-state index contributed by atoms with van der Waals surface area (Å²) >= 11 is 0. The third-order valence-electron chi connectivity index (χ3n) is 4.21. The smallest absolute Gasteiger partial charge is 0.456 e. The monoisotopic (exact) mass is 522 g/mol. The van der Waals surface area contributed by atoms with E-state index in [-0.39, 0.29) is 5.97 Å². The second-order valence-electron chi connectivity index (χ2n) is 6.77. The van der Waals surface area contributed by atoms with Crippen molar-refractivity contribution in [1.29, 1.82) is 0 Å². The molecule has 1 heterocycles. The molecule has 0 aliphatic carbocycles. The highest BCUT2D eigenvalue weighted by Crippen LogP contribution is 2.36. The fraction of sp³-hybridized carbons (Fsp3) is 0.800. The summed E-state index contributed by atoms with van der Waals surface area (Å²) in [6.07, 6.45) is 2.52. The zero-order chi connectivity index (χ0) is 25.4. The van der Waals surface area contributed by atoms with Gasteiger partial charge >= 0.3 is 17.0 Å². The Morgan fingerprint density at radius 1 is 0.938 bits per heavy atom. The van der Waals surface area contributed by atoms with Crippen LogP contribution < -0.4 is 0 Å². The Morgan fingerprint density at radius 3 is 1.69 bits per heavy atom. The summed E-state index contributed by atoms with van der Waals surface area (Å²) in [4.78, 5) is 11.3. The first-order valence-corrected chi connectivity index (χ1v) is 11.7. The molecule has 0 aromatic heterocycles. The van der Waals surface area contributed by atoms with E-state index in [0.29, 0.717) is 12.2 Å². The predicted octanol–water partition coefficient (Wildman–Crippen LogP) is 2.42. The van der Waals surface area contributed by atoms with Gasteiger partial charge < -0.3 is 18.1 Å². The summed E-state index contributed by atoms with van der Waals surface area (Å²) in [5.74, 6) is -0.283. The van der Waals surface area contributed by atoms with Crippen molar-refractivity contribution in [1.82, 2.24) is 0 Å². The van der Waals surface area contributed by atoms with Crippen LogP contribution in [0.2, 0.25) is 0 Å². The highest BCUT2D eigenvalue weighted by Gasteiger charge is 2.46. The van der Waals surface area contributed by atoms with Gasteiger partial charge in [-0.2, -0.15) is 26.3 Å². The Balaban J connectivity index is 0.000000607. The third kappa shape index (κ3) is 9.60. The molecule has 0 aromatic carbocycles. The molecular weight excluding hydrogens is 498 g/mol. The summed E-state index contributed by atoms with van der Waals surface area (Å²) in [7, 11) is -11.7. The Bertz CT molecular complexity index is 806. The number of carbonyl (C=O) groups excluding carboxylic acids is 1. The normalized spacial score (nSPS) is 16.8. The van der Waals surface area contributed by atoms with Crippen LogP contribution in [-0.2, 0) is 34.3 Å². The zero-order valence-electron chi connectivity index (χ0n) is 17.2. The molecule has 1 rings (SSSR count). The summed E-state index contributed by atoms with van der Waals surface area (Å²) in [6, 6.07) is 0. The number of ether oxygens (including phenoxy) is 2. The van der Waals surface area contributed by atoms with Gasteiger partial charge in [0.15, 0.2) is 20.0 Å². The molecule has 1 aliphatic heterocycles. The van der Waals surface area contributed by atoms with Crippen LogP contribution in [0.25, 0.3) is 4.13 Å². The first-order valence-electron chi connectivity index (χ1n) is 8.84. The molecule has 0 N–H and O–H groups in total. The van der Waals surface area contributed by atoms with Crippen LogP contribution in [0.1, 0.15) is 19.8 Å². The molecule has 0 spiro atoms. The number of nitrogens with zero attached hydrogens (tertiary/aromatic N) is 2. The van der Waals surface area contributed by atoms with Crippen molar-refractivity contribution in [2.45, 2.75) is 30.8 Å². The maximum atomic E-state index is 11.4. The molecule has 0 unspecified atom stereocenters. The second-order valence-corrected chi connectivity index (χ2v) is 10.2. The van der Waals surface area contributed by atoms with Crippen molar-refractivity contribution >= 4 is 26.0 Å². The van der Waals surface area contributed by atoms with E-state index in [0.717, 1.165) is 28.3 Å². The number of esters is 1. The van der Waals surface area contributed by atoms with Gasteiger partial charge in [0.05, 0.1) is 19.7 Å². The van der Waals surface area contributed by atoms with Crippen molar-refractivity contribution in [3.63, 3.8) is 0 Å². The lowest BCUT2D eigenvalue weighted by Gasteiger charge is -2.33. The van der Waals surface area contributed by atoms with E-state index in [1.807, 2.05) is 0 Å². The molecule has 190 valence electrons. The van der Waals surface area contributed by atoms with Crippen molar-refractivity contribution in [3.8, 4) is 0 Å². The van der Waals surface area contributed by atoms with Gasteiger partial charge in [0.2, 0.25) is 0 Å². The third-order valence-corrected chi connectivity index (χ3v) is 6.95. The van der Waals surface area contributed by atoms with Crippen LogP contribution in [0.4, 0.5) is 26.3 Å². The first kappa shape index (κ1) is 30.6. The minimum Gasteiger partial charge on any atom is -0.456 e. The maximum Gasteiger partial charge on any atom is 0.480 e. The summed E-state index contributed by atoms with van der Waals surface area (Å²) in [5, 5.41) is 0. The number of likely N-dealkylation sites (tertiary alicyclic amines) is 1. The van der Waals surface area contributed by atoms with E-state index in [4.69, 9.17) is 9.47 Å². The van der Waals surface area contributed by atoms with Crippen LogP contribution in [-0.4, -0.2) is 84.8 Å². The summed E-state index contributed by atoms with van der Waals surface area (Å²) in [5.41, 5.74) is -11.9. The van der Waals surface area contributed by atoms with Crippen LogP contribution in [0.5, 0.6) is 0 Å². The van der Waals surface area contributed by atoms with E-state index in [2.05, 4.69) is 6.58 Å².